The van der Waals surface area contributed by atoms with E-state index in [0.717, 1.165) is 11.1 Å². The largest absolute Gasteiger partial charge is 0.395 e. The maximum atomic E-state index is 9.94. The van der Waals surface area contributed by atoms with E-state index in [2.05, 4.69) is 18.2 Å². The average Bonchev–Trinajstić information content (AvgIpc) is 2.44. The maximum absolute atomic E-state index is 9.94. The smallest absolute Gasteiger partial charge is 0.0553 e. The van der Waals surface area contributed by atoms with E-state index in [0.29, 0.717) is 11.4 Å². The molecule has 0 aliphatic heterocycles. The number of aryl methyl sites for hydroxylation is 2. The van der Waals surface area contributed by atoms with Crippen molar-refractivity contribution in [1.82, 2.24) is 0 Å². The number of halogens is 1. The lowest BCUT2D eigenvalue weighted by Crippen LogP contribution is -2.37. The van der Waals surface area contributed by atoms with Gasteiger partial charge in [-0.1, -0.05) is 59.1 Å². The molecule has 2 nitrogen and oxygen atoms in total. The lowest BCUT2D eigenvalue weighted by molar-refractivity contribution is 0.116. The summed E-state index contributed by atoms with van der Waals surface area (Å²) in [6.07, 6.45) is 0.548. The quantitative estimate of drug-likeness (QED) is 0.888. The first-order chi connectivity index (χ1) is 10.0. The summed E-state index contributed by atoms with van der Waals surface area (Å²) in [6.45, 7) is 3.79. The van der Waals surface area contributed by atoms with Gasteiger partial charge in [-0.2, -0.15) is 0 Å². The Balaban J connectivity index is 2.45. The Morgan fingerprint density at radius 3 is 2.05 bits per heavy atom. The monoisotopic (exact) mass is 304 g/mol. The van der Waals surface area contributed by atoms with Crippen LogP contribution in [0.15, 0.2) is 42.5 Å². The van der Waals surface area contributed by atoms with E-state index in [9.17, 15) is 10.2 Å². The van der Waals surface area contributed by atoms with Gasteiger partial charge in [0.05, 0.1) is 13.2 Å². The van der Waals surface area contributed by atoms with Gasteiger partial charge in [0.15, 0.2) is 0 Å². The molecule has 2 aromatic carbocycles. The molecule has 2 aromatic rings. The van der Waals surface area contributed by atoms with Crippen LogP contribution in [0, 0.1) is 13.8 Å². The fourth-order valence-electron chi connectivity index (χ4n) is 2.88. The van der Waals surface area contributed by atoms with Gasteiger partial charge in [-0.3, -0.25) is 0 Å². The predicted molar refractivity (Wildman–Crippen MR) is 86.9 cm³/mol. The molecule has 21 heavy (non-hydrogen) atoms. The standard InChI is InChI=1S/C18H21ClO2/c1-13-7-14(2)9-15(8-13)10-18(11-20,12-21)16-5-3-4-6-17(16)19/h3-9,20-21H,10-12H2,1-2H3. The molecule has 0 unspecified atom stereocenters. The van der Waals surface area contributed by atoms with E-state index in [1.165, 1.54) is 11.1 Å². The van der Waals surface area contributed by atoms with Crippen molar-refractivity contribution in [3.8, 4) is 0 Å². The molecule has 0 aliphatic carbocycles. The number of aliphatic hydroxyl groups is 2. The van der Waals surface area contributed by atoms with Crippen molar-refractivity contribution in [1.29, 1.82) is 0 Å². The Morgan fingerprint density at radius 1 is 0.952 bits per heavy atom. The zero-order valence-electron chi connectivity index (χ0n) is 12.4. The van der Waals surface area contributed by atoms with E-state index >= 15 is 0 Å². The number of aliphatic hydroxyl groups excluding tert-OH is 2. The van der Waals surface area contributed by atoms with Gasteiger partial charge < -0.3 is 10.2 Å². The van der Waals surface area contributed by atoms with E-state index < -0.39 is 5.41 Å². The molecule has 2 N–H and O–H groups in total. The van der Waals surface area contributed by atoms with Crippen molar-refractivity contribution < 1.29 is 10.2 Å². The SMILES string of the molecule is Cc1cc(C)cc(CC(CO)(CO)c2ccccc2Cl)c1. The summed E-state index contributed by atoms with van der Waals surface area (Å²) in [6, 6.07) is 13.7. The minimum atomic E-state index is -0.765. The summed E-state index contributed by atoms with van der Waals surface area (Å²) < 4.78 is 0. The minimum absolute atomic E-state index is 0.153. The predicted octanol–water partition coefficient (Wildman–Crippen LogP) is 3.42. The summed E-state index contributed by atoms with van der Waals surface area (Å²) in [5.41, 5.74) is 3.47. The molecule has 3 heteroatoms. The van der Waals surface area contributed by atoms with Gasteiger partial charge in [-0.25, -0.2) is 0 Å². The van der Waals surface area contributed by atoms with Gasteiger partial charge in [0, 0.05) is 10.4 Å². The first-order valence-electron chi connectivity index (χ1n) is 7.05. The third-order valence-corrected chi connectivity index (χ3v) is 4.20. The second kappa shape index (κ2) is 6.61. The highest BCUT2D eigenvalue weighted by atomic mass is 35.5. The first kappa shape index (κ1) is 16.0. The molecule has 0 aromatic heterocycles. The molecule has 2 rings (SSSR count). The molecule has 0 saturated heterocycles. The van der Waals surface area contributed by atoms with Crippen LogP contribution in [0.1, 0.15) is 22.3 Å². The minimum Gasteiger partial charge on any atom is -0.395 e. The van der Waals surface area contributed by atoms with Crippen molar-refractivity contribution in [3.05, 3.63) is 69.7 Å². The lowest BCUT2D eigenvalue weighted by atomic mass is 9.76. The Bertz CT molecular complexity index is 598. The number of benzene rings is 2. The van der Waals surface area contributed by atoms with Gasteiger partial charge in [0.1, 0.15) is 0 Å². The van der Waals surface area contributed by atoms with Crippen LogP contribution in [0.25, 0.3) is 0 Å². The number of hydrogen-bond donors (Lipinski definition) is 2. The van der Waals surface area contributed by atoms with Gasteiger partial charge in [-0.05, 0) is 37.5 Å². The molecule has 0 heterocycles. The molecule has 0 saturated carbocycles. The van der Waals surface area contributed by atoms with E-state index in [4.69, 9.17) is 11.6 Å². The normalized spacial score (nSPS) is 11.7. The summed E-state index contributed by atoms with van der Waals surface area (Å²) in [7, 11) is 0. The molecule has 0 radical (unpaired) electrons. The highest BCUT2D eigenvalue weighted by Gasteiger charge is 2.33. The van der Waals surface area contributed by atoms with E-state index in [1.807, 2.05) is 32.0 Å². The van der Waals surface area contributed by atoms with Crippen molar-refractivity contribution in [3.63, 3.8) is 0 Å². The molecule has 0 aliphatic rings. The van der Waals surface area contributed by atoms with Crippen LogP contribution in [-0.2, 0) is 11.8 Å². The molecular formula is C18H21ClO2. The van der Waals surface area contributed by atoms with Crippen LogP contribution in [0.2, 0.25) is 5.02 Å². The van der Waals surface area contributed by atoms with Crippen LogP contribution >= 0.6 is 11.6 Å². The van der Waals surface area contributed by atoms with Crippen molar-refractivity contribution in [2.24, 2.45) is 0 Å². The Hall–Kier alpha value is -1.35. The molecule has 0 atom stereocenters. The number of hydrogen-bond acceptors (Lipinski definition) is 2. The van der Waals surface area contributed by atoms with E-state index in [-0.39, 0.29) is 13.2 Å². The van der Waals surface area contributed by atoms with Crippen molar-refractivity contribution >= 4 is 11.6 Å². The van der Waals surface area contributed by atoms with E-state index in [1.54, 1.807) is 6.07 Å². The second-order valence-electron chi connectivity index (χ2n) is 5.75. The molecule has 0 amide bonds. The highest BCUT2D eigenvalue weighted by molar-refractivity contribution is 6.31. The third-order valence-electron chi connectivity index (χ3n) is 3.87. The summed E-state index contributed by atoms with van der Waals surface area (Å²) in [5.74, 6) is 0. The topological polar surface area (TPSA) is 40.5 Å². The first-order valence-corrected chi connectivity index (χ1v) is 7.42. The lowest BCUT2D eigenvalue weighted by Gasteiger charge is -2.31. The van der Waals surface area contributed by atoms with Crippen LogP contribution in [0.4, 0.5) is 0 Å². The van der Waals surface area contributed by atoms with Crippen LogP contribution in [0.5, 0.6) is 0 Å². The third kappa shape index (κ3) is 3.46. The van der Waals surface area contributed by atoms with Crippen LogP contribution < -0.4 is 0 Å². The average molecular weight is 305 g/mol. The van der Waals surface area contributed by atoms with Gasteiger partial charge in [0.25, 0.3) is 0 Å². The van der Waals surface area contributed by atoms with Crippen molar-refractivity contribution in [2.75, 3.05) is 13.2 Å². The maximum Gasteiger partial charge on any atom is 0.0553 e. The van der Waals surface area contributed by atoms with Gasteiger partial charge >= 0.3 is 0 Å². The molecular weight excluding hydrogens is 284 g/mol. The summed E-state index contributed by atoms with van der Waals surface area (Å²) >= 11 is 6.27. The number of rotatable bonds is 5. The summed E-state index contributed by atoms with van der Waals surface area (Å²) in [5, 5.41) is 20.4. The molecule has 0 fully saturated rings. The second-order valence-corrected chi connectivity index (χ2v) is 6.16. The zero-order chi connectivity index (χ0) is 15.5. The van der Waals surface area contributed by atoms with Crippen LogP contribution in [-0.4, -0.2) is 23.4 Å². The van der Waals surface area contributed by atoms with Crippen LogP contribution in [0.3, 0.4) is 0 Å². The Kier molecular flexibility index (Phi) is 5.04. The van der Waals surface area contributed by atoms with Gasteiger partial charge in [0.2, 0.25) is 0 Å². The molecule has 112 valence electrons. The Morgan fingerprint density at radius 2 is 1.52 bits per heavy atom. The summed E-state index contributed by atoms with van der Waals surface area (Å²) in [4.78, 5) is 0. The fraction of sp³-hybridized carbons (Fsp3) is 0.333. The molecule has 0 spiro atoms. The van der Waals surface area contributed by atoms with Gasteiger partial charge in [-0.15, -0.1) is 0 Å². The zero-order valence-corrected chi connectivity index (χ0v) is 13.2. The highest BCUT2D eigenvalue weighted by Crippen LogP contribution is 2.33. The fourth-order valence-corrected chi connectivity index (χ4v) is 3.22. The Labute approximate surface area is 131 Å². The van der Waals surface area contributed by atoms with Crippen molar-refractivity contribution in [2.45, 2.75) is 25.7 Å². The molecule has 0 bridgehead atoms.